The van der Waals surface area contributed by atoms with Crippen molar-refractivity contribution in [1.82, 2.24) is 15.0 Å². The summed E-state index contributed by atoms with van der Waals surface area (Å²) in [5.74, 6) is -5.46. The van der Waals surface area contributed by atoms with Crippen LogP contribution in [0.3, 0.4) is 0 Å². The van der Waals surface area contributed by atoms with Crippen LogP contribution in [0.4, 0.5) is 13.2 Å². The summed E-state index contributed by atoms with van der Waals surface area (Å²) in [5, 5.41) is 38.3. The minimum absolute atomic E-state index is 0.0187. The molecular formula is C22H20Cl2F3N3O5S. The van der Waals surface area contributed by atoms with E-state index in [2.05, 4.69) is 10.3 Å². The van der Waals surface area contributed by atoms with Crippen LogP contribution in [0.15, 0.2) is 41.4 Å². The Bertz CT molecular complexity index is 1260. The molecule has 3 N–H and O–H groups in total. The Kier molecular flexibility index (Phi) is 8.12. The van der Waals surface area contributed by atoms with Crippen LogP contribution in [-0.4, -0.2) is 72.7 Å². The maximum atomic E-state index is 13.7. The number of ether oxygens (including phenoxy) is 1. The molecule has 0 bridgehead atoms. The first kappa shape index (κ1) is 26.7. The van der Waals surface area contributed by atoms with Gasteiger partial charge < -0.3 is 20.1 Å². The van der Waals surface area contributed by atoms with Crippen molar-refractivity contribution in [3.8, 4) is 11.3 Å². The average molecular weight is 566 g/mol. The average Bonchev–Trinajstić information content (AvgIpc) is 3.32. The van der Waals surface area contributed by atoms with E-state index in [4.69, 9.17) is 33.0 Å². The van der Waals surface area contributed by atoms with E-state index >= 15 is 0 Å². The lowest BCUT2D eigenvalue weighted by Gasteiger charge is -2.46. The van der Waals surface area contributed by atoms with Gasteiger partial charge in [-0.2, -0.15) is 0 Å². The highest BCUT2D eigenvalue weighted by molar-refractivity contribution is 8.17. The maximum Gasteiger partial charge on any atom is 0.329 e. The number of aliphatic hydroxyl groups excluding tert-OH is 2. The van der Waals surface area contributed by atoms with Crippen LogP contribution >= 0.6 is 34.1 Å². The summed E-state index contributed by atoms with van der Waals surface area (Å²) >= 11 is 12.2. The molecule has 36 heavy (non-hydrogen) atoms. The van der Waals surface area contributed by atoms with Crippen LogP contribution in [0.25, 0.3) is 11.3 Å². The molecule has 1 saturated heterocycles. The van der Waals surface area contributed by atoms with E-state index in [9.17, 15) is 28.2 Å². The number of carbonyl (C=O) groups is 1. The van der Waals surface area contributed by atoms with E-state index in [1.54, 1.807) is 18.2 Å². The van der Waals surface area contributed by atoms with Gasteiger partial charge in [0.15, 0.2) is 17.5 Å². The highest BCUT2D eigenvalue weighted by Crippen LogP contribution is 2.51. The van der Waals surface area contributed by atoms with E-state index in [0.717, 1.165) is 17.0 Å². The van der Waals surface area contributed by atoms with Crippen molar-refractivity contribution in [3.63, 3.8) is 0 Å². The number of aliphatic carboxylic acids is 1. The summed E-state index contributed by atoms with van der Waals surface area (Å²) in [6.45, 7) is -1.08. The molecule has 8 nitrogen and oxygen atoms in total. The minimum Gasteiger partial charge on any atom is -0.480 e. The molecule has 0 spiro atoms. The molecule has 0 radical (unpaired) electrons. The molecular weight excluding hydrogens is 546 g/mol. The Labute approximate surface area is 215 Å². The Hall–Kier alpha value is -2.35. The summed E-state index contributed by atoms with van der Waals surface area (Å²) in [6.07, 6.45) is -0.895. The molecule has 0 saturated carbocycles. The summed E-state index contributed by atoms with van der Waals surface area (Å²) < 4.78 is 47.6. The SMILES string of the molecule is O=C(O)CO[C@H]1C[SH](c2ccc(Cl)c(Cl)c2)[C@H](CO)[C@H](O)[C@@H]1n1cc(-c2cc(F)c(F)c(F)c2)nn1. The predicted molar refractivity (Wildman–Crippen MR) is 127 cm³/mol. The van der Waals surface area contributed by atoms with Crippen molar-refractivity contribution >= 4 is 40.1 Å². The summed E-state index contributed by atoms with van der Waals surface area (Å²) in [6, 6.07) is 5.44. The van der Waals surface area contributed by atoms with E-state index in [0.29, 0.717) is 5.02 Å². The monoisotopic (exact) mass is 565 g/mol. The fraction of sp³-hybridized carbons (Fsp3) is 0.318. The quantitative estimate of drug-likeness (QED) is 0.256. The Morgan fingerprint density at radius 2 is 1.86 bits per heavy atom. The third kappa shape index (κ3) is 5.34. The first-order valence-corrected chi connectivity index (χ1v) is 12.9. The molecule has 2 heterocycles. The number of nitrogens with zero attached hydrogens (tertiary/aromatic N) is 3. The number of thiol groups is 1. The molecule has 1 fully saturated rings. The molecule has 3 aromatic rings. The zero-order valence-corrected chi connectivity index (χ0v) is 20.6. The molecule has 0 amide bonds. The lowest BCUT2D eigenvalue weighted by Crippen LogP contribution is -2.51. The van der Waals surface area contributed by atoms with Gasteiger partial charge in [0.25, 0.3) is 0 Å². The Morgan fingerprint density at radius 1 is 1.17 bits per heavy atom. The number of carboxylic acid groups (broad SMARTS) is 1. The Morgan fingerprint density at radius 3 is 2.47 bits per heavy atom. The van der Waals surface area contributed by atoms with Crippen molar-refractivity contribution in [2.75, 3.05) is 19.0 Å². The van der Waals surface area contributed by atoms with Gasteiger partial charge in [-0.05, 0) is 35.2 Å². The van der Waals surface area contributed by atoms with Crippen LogP contribution in [0.2, 0.25) is 10.0 Å². The van der Waals surface area contributed by atoms with Crippen molar-refractivity contribution < 1.29 is 38.0 Å². The smallest absolute Gasteiger partial charge is 0.329 e. The predicted octanol–water partition coefficient (Wildman–Crippen LogP) is 3.48. The van der Waals surface area contributed by atoms with E-state index in [-0.39, 0.29) is 22.0 Å². The van der Waals surface area contributed by atoms with E-state index in [1.165, 1.54) is 10.9 Å². The largest absolute Gasteiger partial charge is 0.480 e. The maximum absolute atomic E-state index is 13.7. The van der Waals surface area contributed by atoms with Gasteiger partial charge in [0, 0.05) is 16.6 Å². The standard InChI is InChI=1S/C22H20Cl2F3N3O5S/c23-12-2-1-11(5-13(12)24)36-9-17(35-8-19(32)33)21(22(34)18(36)7-31)30-6-16(28-29-30)10-3-14(25)20(27)15(26)4-10/h1-6,17-18,21-22,31,34,36H,7-9H2,(H,32,33)/t17-,18+,21+,22-/m0/s1. The van der Waals surface area contributed by atoms with Crippen LogP contribution in [0.5, 0.6) is 0 Å². The first-order chi connectivity index (χ1) is 17.1. The summed E-state index contributed by atoms with van der Waals surface area (Å²) in [4.78, 5) is 11.9. The number of hydrogen-bond donors (Lipinski definition) is 4. The molecule has 1 aromatic heterocycles. The topological polar surface area (TPSA) is 118 Å². The normalized spacial score (nSPS) is 25.1. The van der Waals surface area contributed by atoms with Gasteiger partial charge in [0.1, 0.15) is 18.3 Å². The van der Waals surface area contributed by atoms with Crippen LogP contribution < -0.4 is 0 Å². The van der Waals surface area contributed by atoms with Crippen molar-refractivity contribution in [2.45, 2.75) is 28.4 Å². The number of rotatable bonds is 7. The number of aliphatic hydroxyl groups is 2. The number of benzene rings is 2. The van der Waals surface area contributed by atoms with Gasteiger partial charge >= 0.3 is 5.97 Å². The second-order valence-electron chi connectivity index (χ2n) is 8.06. The molecule has 4 rings (SSSR count). The van der Waals surface area contributed by atoms with Gasteiger partial charge in [-0.15, -0.1) is 5.10 Å². The molecule has 5 atom stereocenters. The highest BCUT2D eigenvalue weighted by Gasteiger charge is 2.45. The number of aromatic nitrogens is 3. The summed E-state index contributed by atoms with van der Waals surface area (Å²) in [5.41, 5.74) is -0.113. The zero-order chi connectivity index (χ0) is 26.1. The number of carboxylic acids is 1. The fourth-order valence-electron chi connectivity index (χ4n) is 4.15. The van der Waals surface area contributed by atoms with Crippen LogP contribution in [-0.2, 0) is 9.53 Å². The van der Waals surface area contributed by atoms with Gasteiger partial charge in [-0.1, -0.05) is 28.4 Å². The molecule has 194 valence electrons. The second kappa shape index (κ2) is 11.0. The zero-order valence-electron chi connectivity index (χ0n) is 18.2. The van der Waals surface area contributed by atoms with Gasteiger partial charge in [0.2, 0.25) is 0 Å². The highest BCUT2D eigenvalue weighted by atomic mass is 35.5. The van der Waals surface area contributed by atoms with Crippen LogP contribution in [0.1, 0.15) is 6.04 Å². The lowest BCUT2D eigenvalue weighted by molar-refractivity contribution is -0.146. The molecule has 1 aliphatic rings. The summed E-state index contributed by atoms with van der Waals surface area (Å²) in [7, 11) is -1.30. The number of halogens is 5. The van der Waals surface area contributed by atoms with Crippen molar-refractivity contribution in [3.05, 3.63) is 64.0 Å². The van der Waals surface area contributed by atoms with Crippen LogP contribution in [0, 0.1) is 17.5 Å². The molecule has 1 aliphatic heterocycles. The number of hydrogen-bond acceptors (Lipinski definition) is 6. The third-order valence-corrected chi connectivity index (χ3v) is 9.54. The van der Waals surface area contributed by atoms with E-state index in [1.807, 2.05) is 0 Å². The van der Waals surface area contributed by atoms with E-state index < -0.39 is 71.0 Å². The molecule has 1 unspecified atom stereocenters. The molecule has 14 heteroatoms. The van der Waals surface area contributed by atoms with Crippen molar-refractivity contribution in [2.24, 2.45) is 0 Å². The van der Waals surface area contributed by atoms with Crippen molar-refractivity contribution in [1.29, 1.82) is 0 Å². The minimum atomic E-state index is -1.63. The lowest BCUT2D eigenvalue weighted by atomic mass is 10.0. The second-order valence-corrected chi connectivity index (χ2v) is 11.4. The first-order valence-electron chi connectivity index (χ1n) is 10.5. The fourth-order valence-corrected chi connectivity index (χ4v) is 7.40. The molecule has 2 aromatic carbocycles. The molecule has 0 aliphatic carbocycles. The Balaban J connectivity index is 1.71. The van der Waals surface area contributed by atoms with Gasteiger partial charge in [-0.25, -0.2) is 33.5 Å². The van der Waals surface area contributed by atoms with Gasteiger partial charge in [0.05, 0.1) is 35.1 Å². The third-order valence-electron chi connectivity index (χ3n) is 5.84. The van der Waals surface area contributed by atoms with Gasteiger partial charge in [-0.3, -0.25) is 0 Å².